The molecule has 2 rings (SSSR count). The van der Waals surface area contributed by atoms with Crippen molar-refractivity contribution in [3.05, 3.63) is 46.0 Å². The molecule has 0 N–H and O–H groups in total. The number of benzene rings is 1. The molecule has 2 heteroatoms. The van der Waals surface area contributed by atoms with E-state index in [-0.39, 0.29) is 5.78 Å². The lowest BCUT2D eigenvalue weighted by Crippen LogP contribution is -2.06. The van der Waals surface area contributed by atoms with Gasteiger partial charge in [0.05, 0.1) is 0 Å². The van der Waals surface area contributed by atoms with Crippen LogP contribution in [0.2, 0.25) is 5.02 Å². The minimum atomic E-state index is 0.166. The maximum absolute atomic E-state index is 12.2. The monoisotopic (exact) mass is 234 g/mol. The Morgan fingerprint density at radius 3 is 2.75 bits per heavy atom. The molecule has 0 spiro atoms. The Labute approximate surface area is 101 Å². The van der Waals surface area contributed by atoms with Gasteiger partial charge in [0, 0.05) is 10.6 Å². The van der Waals surface area contributed by atoms with Crippen LogP contribution >= 0.6 is 11.6 Å². The Kier molecular flexibility index (Phi) is 3.45. The fourth-order valence-electron chi connectivity index (χ4n) is 2.02. The van der Waals surface area contributed by atoms with E-state index in [1.807, 2.05) is 19.1 Å². The van der Waals surface area contributed by atoms with Crippen molar-refractivity contribution in [2.75, 3.05) is 0 Å². The number of carbonyl (C=O) groups is 1. The average Bonchev–Trinajstić information content (AvgIpc) is 2.33. The molecule has 0 heterocycles. The molecule has 16 heavy (non-hydrogen) atoms. The lowest BCUT2D eigenvalue weighted by atomic mass is 9.92. The van der Waals surface area contributed by atoms with Crippen molar-refractivity contribution in [3.63, 3.8) is 0 Å². The van der Waals surface area contributed by atoms with E-state index in [9.17, 15) is 4.79 Å². The van der Waals surface area contributed by atoms with Crippen LogP contribution < -0.4 is 0 Å². The normalized spacial score (nSPS) is 15.8. The number of Topliss-reactive ketones (excluding diaryl/α,β-unsaturated/α-hetero) is 1. The van der Waals surface area contributed by atoms with Gasteiger partial charge in [-0.2, -0.15) is 0 Å². The number of allylic oxidation sites excluding steroid dienone is 2. The molecule has 0 atom stereocenters. The Morgan fingerprint density at radius 2 is 2.12 bits per heavy atom. The van der Waals surface area contributed by atoms with Crippen LogP contribution in [0.3, 0.4) is 0 Å². The first-order chi connectivity index (χ1) is 7.68. The molecule has 1 aromatic rings. The summed E-state index contributed by atoms with van der Waals surface area (Å²) in [5, 5.41) is 0.717. The van der Waals surface area contributed by atoms with Gasteiger partial charge in [-0.1, -0.05) is 17.7 Å². The second kappa shape index (κ2) is 4.84. The molecule has 0 saturated heterocycles. The van der Waals surface area contributed by atoms with Crippen LogP contribution in [0, 0.1) is 6.92 Å². The SMILES string of the molecule is Cc1cc(C(=O)C2=CCCCC2)ccc1Cl. The summed E-state index contributed by atoms with van der Waals surface area (Å²) in [7, 11) is 0. The largest absolute Gasteiger partial charge is 0.289 e. The maximum Gasteiger partial charge on any atom is 0.188 e. The molecule has 0 fully saturated rings. The van der Waals surface area contributed by atoms with E-state index in [4.69, 9.17) is 11.6 Å². The molecule has 0 amide bonds. The number of hydrogen-bond donors (Lipinski definition) is 0. The molecule has 0 bridgehead atoms. The zero-order valence-electron chi connectivity index (χ0n) is 9.42. The predicted octanol–water partition coefficient (Wildman–Crippen LogP) is 4.33. The zero-order chi connectivity index (χ0) is 11.5. The van der Waals surface area contributed by atoms with Crippen molar-refractivity contribution in [2.24, 2.45) is 0 Å². The summed E-state index contributed by atoms with van der Waals surface area (Å²) in [5.41, 5.74) is 2.69. The van der Waals surface area contributed by atoms with Gasteiger partial charge in [0.15, 0.2) is 5.78 Å². The first-order valence-corrected chi connectivity index (χ1v) is 6.06. The number of ketones is 1. The van der Waals surface area contributed by atoms with Gasteiger partial charge in [-0.3, -0.25) is 4.79 Å². The van der Waals surface area contributed by atoms with E-state index in [1.165, 1.54) is 6.42 Å². The van der Waals surface area contributed by atoms with Crippen LogP contribution in [-0.4, -0.2) is 5.78 Å². The molecule has 84 valence electrons. The van der Waals surface area contributed by atoms with Gasteiger partial charge in [0.2, 0.25) is 0 Å². The third-order valence-corrected chi connectivity index (χ3v) is 3.43. The van der Waals surface area contributed by atoms with Gasteiger partial charge < -0.3 is 0 Å². The van der Waals surface area contributed by atoms with Crippen LogP contribution in [0.25, 0.3) is 0 Å². The highest BCUT2D eigenvalue weighted by Gasteiger charge is 2.14. The van der Waals surface area contributed by atoms with E-state index < -0.39 is 0 Å². The first-order valence-electron chi connectivity index (χ1n) is 5.68. The van der Waals surface area contributed by atoms with Gasteiger partial charge in [0.25, 0.3) is 0 Å². The van der Waals surface area contributed by atoms with Crippen LogP contribution in [0.1, 0.15) is 41.6 Å². The van der Waals surface area contributed by atoms with Crippen molar-refractivity contribution < 1.29 is 4.79 Å². The van der Waals surface area contributed by atoms with Gasteiger partial charge in [-0.05, 0) is 61.9 Å². The van der Waals surface area contributed by atoms with Gasteiger partial charge in [0.1, 0.15) is 0 Å². The second-order valence-electron chi connectivity index (χ2n) is 4.27. The molecule has 0 aliphatic heterocycles. The summed E-state index contributed by atoms with van der Waals surface area (Å²) < 4.78 is 0. The fourth-order valence-corrected chi connectivity index (χ4v) is 2.13. The van der Waals surface area contributed by atoms with E-state index in [1.54, 1.807) is 6.07 Å². The van der Waals surface area contributed by atoms with Crippen molar-refractivity contribution in [3.8, 4) is 0 Å². The number of rotatable bonds is 2. The summed E-state index contributed by atoms with van der Waals surface area (Å²) in [4.78, 5) is 12.2. The molecule has 0 unspecified atom stereocenters. The van der Waals surface area contributed by atoms with Crippen LogP contribution in [0.4, 0.5) is 0 Å². The molecule has 1 aliphatic carbocycles. The van der Waals surface area contributed by atoms with E-state index in [0.717, 1.165) is 36.0 Å². The van der Waals surface area contributed by atoms with Crippen molar-refractivity contribution >= 4 is 17.4 Å². The third-order valence-electron chi connectivity index (χ3n) is 3.00. The molecule has 0 radical (unpaired) electrons. The van der Waals surface area contributed by atoms with Crippen molar-refractivity contribution in [1.29, 1.82) is 0 Å². The molecule has 0 aromatic heterocycles. The summed E-state index contributed by atoms with van der Waals surface area (Å²) >= 11 is 5.95. The number of hydrogen-bond acceptors (Lipinski definition) is 1. The summed E-state index contributed by atoms with van der Waals surface area (Å²) in [6, 6.07) is 5.49. The van der Waals surface area contributed by atoms with E-state index >= 15 is 0 Å². The quantitative estimate of drug-likeness (QED) is 0.696. The average molecular weight is 235 g/mol. The van der Waals surface area contributed by atoms with Gasteiger partial charge in [-0.15, -0.1) is 0 Å². The minimum Gasteiger partial charge on any atom is -0.289 e. The summed E-state index contributed by atoms with van der Waals surface area (Å²) in [5.74, 6) is 0.166. The molecule has 1 aliphatic rings. The van der Waals surface area contributed by atoms with E-state index in [0.29, 0.717) is 5.02 Å². The third kappa shape index (κ3) is 2.35. The highest BCUT2D eigenvalue weighted by atomic mass is 35.5. The Bertz CT molecular complexity index is 446. The number of halogens is 1. The molecule has 0 saturated carbocycles. The smallest absolute Gasteiger partial charge is 0.188 e. The van der Waals surface area contributed by atoms with Crippen LogP contribution in [-0.2, 0) is 0 Å². The lowest BCUT2D eigenvalue weighted by Gasteiger charge is -2.12. The van der Waals surface area contributed by atoms with Crippen molar-refractivity contribution in [2.45, 2.75) is 32.6 Å². The lowest BCUT2D eigenvalue weighted by molar-refractivity contribution is 0.102. The predicted molar refractivity (Wildman–Crippen MR) is 67.1 cm³/mol. The maximum atomic E-state index is 12.2. The van der Waals surface area contributed by atoms with Gasteiger partial charge >= 0.3 is 0 Å². The van der Waals surface area contributed by atoms with Gasteiger partial charge in [-0.25, -0.2) is 0 Å². The number of aryl methyl sites for hydroxylation is 1. The Hall–Kier alpha value is -1.08. The van der Waals surface area contributed by atoms with E-state index in [2.05, 4.69) is 6.08 Å². The van der Waals surface area contributed by atoms with Crippen LogP contribution in [0.5, 0.6) is 0 Å². The minimum absolute atomic E-state index is 0.166. The Balaban J connectivity index is 2.26. The summed E-state index contributed by atoms with van der Waals surface area (Å²) in [6.45, 7) is 1.92. The topological polar surface area (TPSA) is 17.1 Å². The molecular weight excluding hydrogens is 220 g/mol. The summed E-state index contributed by atoms with van der Waals surface area (Å²) in [6.07, 6.45) is 6.37. The second-order valence-corrected chi connectivity index (χ2v) is 4.68. The highest BCUT2D eigenvalue weighted by molar-refractivity contribution is 6.31. The number of carbonyl (C=O) groups excluding carboxylic acids is 1. The fraction of sp³-hybridized carbons (Fsp3) is 0.357. The first kappa shape index (κ1) is 11.4. The van der Waals surface area contributed by atoms with Crippen LogP contribution in [0.15, 0.2) is 29.8 Å². The molecule has 1 nitrogen and oxygen atoms in total. The zero-order valence-corrected chi connectivity index (χ0v) is 10.2. The highest BCUT2D eigenvalue weighted by Crippen LogP contribution is 2.23. The standard InChI is InChI=1S/C14H15ClO/c1-10-9-12(7-8-13(10)15)14(16)11-5-3-2-4-6-11/h5,7-9H,2-4,6H2,1H3. The molecule has 1 aromatic carbocycles. The Morgan fingerprint density at radius 1 is 1.31 bits per heavy atom. The van der Waals surface area contributed by atoms with Crippen molar-refractivity contribution in [1.82, 2.24) is 0 Å². The molecular formula is C14H15ClO.